The monoisotopic (exact) mass is 303 g/mol. The highest BCUT2D eigenvalue weighted by Crippen LogP contribution is 2.36. The number of benzene rings is 1. The molecule has 0 spiro atoms. The number of hydrogen-bond donors (Lipinski definition) is 1. The fourth-order valence-corrected chi connectivity index (χ4v) is 2.64. The van der Waals surface area contributed by atoms with Crippen molar-refractivity contribution in [3.8, 4) is 11.5 Å². The molecule has 6 heteroatoms. The van der Waals surface area contributed by atoms with Crippen molar-refractivity contribution in [2.45, 2.75) is 45.8 Å². The molecule has 2 aromatic rings. The number of fused-ring (bicyclic) bond motifs is 1. The quantitative estimate of drug-likeness (QED) is 0.884. The molecule has 0 bridgehead atoms. The zero-order valence-electron chi connectivity index (χ0n) is 13.2. The third kappa shape index (κ3) is 3.00. The molecular formula is C16H21N3O3. The summed E-state index contributed by atoms with van der Waals surface area (Å²) in [4.78, 5) is 0. The third-order valence-electron chi connectivity index (χ3n) is 3.64. The first-order valence-corrected chi connectivity index (χ1v) is 7.62. The predicted octanol–water partition coefficient (Wildman–Crippen LogP) is 2.97. The van der Waals surface area contributed by atoms with Gasteiger partial charge in [0.05, 0.1) is 7.11 Å². The van der Waals surface area contributed by atoms with Gasteiger partial charge in [-0.05, 0) is 25.5 Å². The molecule has 1 atom stereocenters. The Morgan fingerprint density at radius 1 is 1.36 bits per heavy atom. The van der Waals surface area contributed by atoms with E-state index >= 15 is 0 Å². The largest absolute Gasteiger partial charge is 0.497 e. The maximum atomic E-state index is 5.91. The average molecular weight is 303 g/mol. The number of anilines is 1. The van der Waals surface area contributed by atoms with Gasteiger partial charge in [0.25, 0.3) is 0 Å². The van der Waals surface area contributed by atoms with E-state index in [1.165, 1.54) is 5.56 Å². The lowest BCUT2D eigenvalue weighted by atomic mass is 10.1. The summed E-state index contributed by atoms with van der Waals surface area (Å²) in [6.07, 6.45) is 2.88. The van der Waals surface area contributed by atoms with Crippen molar-refractivity contribution in [2.24, 2.45) is 0 Å². The maximum absolute atomic E-state index is 5.91. The fourth-order valence-electron chi connectivity index (χ4n) is 2.64. The molecule has 0 amide bonds. The second kappa shape index (κ2) is 6.25. The smallest absolute Gasteiger partial charge is 0.315 e. The standard InChI is InChI=1S/C16H21N3O3/c1-4-5-14-18-19-16(22-14)17-9-12-8-13(20-3)7-11-6-10(2)21-15(11)12/h7-8,10H,4-6,9H2,1-3H3,(H,17,19)/t10-/m1/s1. The molecule has 2 heterocycles. The van der Waals surface area contributed by atoms with Gasteiger partial charge in [-0.25, -0.2) is 0 Å². The summed E-state index contributed by atoms with van der Waals surface area (Å²) in [5.41, 5.74) is 2.22. The van der Waals surface area contributed by atoms with E-state index in [4.69, 9.17) is 13.9 Å². The van der Waals surface area contributed by atoms with E-state index in [1.54, 1.807) is 7.11 Å². The number of hydrogen-bond acceptors (Lipinski definition) is 6. The molecular weight excluding hydrogens is 282 g/mol. The van der Waals surface area contributed by atoms with Crippen LogP contribution >= 0.6 is 0 Å². The van der Waals surface area contributed by atoms with Gasteiger partial charge in [-0.15, -0.1) is 5.10 Å². The first-order valence-electron chi connectivity index (χ1n) is 7.62. The number of rotatable bonds is 6. The minimum atomic E-state index is 0.195. The first-order chi connectivity index (χ1) is 10.7. The fraction of sp³-hybridized carbons (Fsp3) is 0.500. The van der Waals surface area contributed by atoms with Crippen molar-refractivity contribution in [3.05, 3.63) is 29.2 Å². The zero-order valence-corrected chi connectivity index (χ0v) is 13.2. The number of nitrogens with zero attached hydrogens (tertiary/aromatic N) is 2. The summed E-state index contributed by atoms with van der Waals surface area (Å²) in [7, 11) is 1.67. The number of aromatic nitrogens is 2. The van der Waals surface area contributed by atoms with Gasteiger partial charge in [0.1, 0.15) is 17.6 Å². The van der Waals surface area contributed by atoms with Crippen molar-refractivity contribution in [1.82, 2.24) is 10.2 Å². The van der Waals surface area contributed by atoms with Crippen LogP contribution in [-0.2, 0) is 19.4 Å². The SMILES string of the molecule is CCCc1nnc(NCc2cc(OC)cc3c2O[C@H](C)C3)o1. The van der Waals surface area contributed by atoms with Crippen molar-refractivity contribution < 1.29 is 13.9 Å². The molecule has 1 N–H and O–H groups in total. The van der Waals surface area contributed by atoms with Crippen molar-refractivity contribution >= 4 is 6.01 Å². The van der Waals surface area contributed by atoms with Gasteiger partial charge in [-0.1, -0.05) is 12.0 Å². The summed E-state index contributed by atoms with van der Waals surface area (Å²) >= 11 is 0. The van der Waals surface area contributed by atoms with E-state index in [2.05, 4.69) is 29.4 Å². The molecule has 0 saturated carbocycles. The van der Waals surface area contributed by atoms with Crippen LogP contribution in [-0.4, -0.2) is 23.4 Å². The Morgan fingerprint density at radius 3 is 3.00 bits per heavy atom. The Morgan fingerprint density at radius 2 is 2.23 bits per heavy atom. The van der Waals surface area contributed by atoms with E-state index in [9.17, 15) is 0 Å². The van der Waals surface area contributed by atoms with Crippen LogP contribution in [0, 0.1) is 0 Å². The Labute approximate surface area is 129 Å². The van der Waals surface area contributed by atoms with Crippen LogP contribution in [0.1, 0.15) is 37.3 Å². The Kier molecular flexibility index (Phi) is 4.18. The summed E-state index contributed by atoms with van der Waals surface area (Å²) in [6, 6.07) is 4.45. The summed E-state index contributed by atoms with van der Waals surface area (Å²) < 4.78 is 16.8. The molecule has 3 rings (SSSR count). The summed E-state index contributed by atoms with van der Waals surface area (Å²) in [6.45, 7) is 4.70. The highest BCUT2D eigenvalue weighted by Gasteiger charge is 2.23. The molecule has 118 valence electrons. The van der Waals surface area contributed by atoms with Crippen LogP contribution in [0.2, 0.25) is 0 Å². The van der Waals surface area contributed by atoms with Gasteiger partial charge in [-0.3, -0.25) is 0 Å². The van der Waals surface area contributed by atoms with Gasteiger partial charge in [-0.2, -0.15) is 0 Å². The molecule has 0 aliphatic carbocycles. The molecule has 1 aromatic carbocycles. The van der Waals surface area contributed by atoms with Crippen molar-refractivity contribution in [1.29, 1.82) is 0 Å². The van der Waals surface area contributed by atoms with Gasteiger partial charge in [0.2, 0.25) is 5.89 Å². The van der Waals surface area contributed by atoms with Crippen LogP contribution < -0.4 is 14.8 Å². The minimum Gasteiger partial charge on any atom is -0.497 e. The molecule has 1 aromatic heterocycles. The summed E-state index contributed by atoms with van der Waals surface area (Å²) in [5.74, 6) is 2.44. The number of methoxy groups -OCH3 is 1. The lowest BCUT2D eigenvalue weighted by Crippen LogP contribution is -2.07. The Bertz CT molecular complexity index is 654. The highest BCUT2D eigenvalue weighted by atomic mass is 16.5. The third-order valence-corrected chi connectivity index (χ3v) is 3.64. The van der Waals surface area contributed by atoms with E-state index in [-0.39, 0.29) is 6.10 Å². The molecule has 0 saturated heterocycles. The zero-order chi connectivity index (χ0) is 15.5. The second-order valence-electron chi connectivity index (χ2n) is 5.51. The molecule has 0 unspecified atom stereocenters. The Hall–Kier alpha value is -2.24. The number of aryl methyl sites for hydroxylation is 1. The normalized spacial score (nSPS) is 16.2. The van der Waals surface area contributed by atoms with Gasteiger partial charge in [0, 0.05) is 30.5 Å². The summed E-state index contributed by atoms with van der Waals surface area (Å²) in [5, 5.41) is 11.2. The molecule has 22 heavy (non-hydrogen) atoms. The predicted molar refractivity (Wildman–Crippen MR) is 82.4 cm³/mol. The Balaban J connectivity index is 1.75. The van der Waals surface area contributed by atoms with Gasteiger partial charge >= 0.3 is 6.01 Å². The van der Waals surface area contributed by atoms with Crippen molar-refractivity contribution in [3.63, 3.8) is 0 Å². The van der Waals surface area contributed by atoms with E-state index in [1.807, 2.05) is 12.1 Å². The number of nitrogens with one attached hydrogen (secondary N) is 1. The van der Waals surface area contributed by atoms with E-state index in [0.717, 1.165) is 36.3 Å². The first kappa shape index (κ1) is 14.7. The lowest BCUT2D eigenvalue weighted by molar-refractivity contribution is 0.252. The number of ether oxygens (including phenoxy) is 2. The topological polar surface area (TPSA) is 69.4 Å². The van der Waals surface area contributed by atoms with Crippen LogP contribution in [0.5, 0.6) is 11.5 Å². The van der Waals surface area contributed by atoms with Crippen LogP contribution in [0.3, 0.4) is 0 Å². The van der Waals surface area contributed by atoms with Crippen LogP contribution in [0.25, 0.3) is 0 Å². The van der Waals surface area contributed by atoms with Gasteiger partial charge in [0.15, 0.2) is 0 Å². The average Bonchev–Trinajstić information content (AvgIpc) is 3.10. The maximum Gasteiger partial charge on any atom is 0.315 e. The molecule has 1 aliphatic heterocycles. The van der Waals surface area contributed by atoms with Gasteiger partial charge < -0.3 is 19.2 Å². The molecule has 0 fully saturated rings. The highest BCUT2D eigenvalue weighted by molar-refractivity contribution is 5.50. The molecule has 0 radical (unpaired) electrons. The van der Waals surface area contributed by atoms with Crippen LogP contribution in [0.15, 0.2) is 16.5 Å². The van der Waals surface area contributed by atoms with E-state index < -0.39 is 0 Å². The lowest BCUT2D eigenvalue weighted by Gasteiger charge is -2.11. The molecule has 1 aliphatic rings. The second-order valence-corrected chi connectivity index (χ2v) is 5.51. The van der Waals surface area contributed by atoms with Crippen LogP contribution in [0.4, 0.5) is 6.01 Å². The molecule has 6 nitrogen and oxygen atoms in total. The van der Waals surface area contributed by atoms with E-state index in [0.29, 0.717) is 18.5 Å². The minimum absolute atomic E-state index is 0.195. The van der Waals surface area contributed by atoms with Crippen molar-refractivity contribution in [2.75, 3.05) is 12.4 Å².